The number of rotatable bonds is 2. The minimum atomic E-state index is -0.343. The van der Waals surface area contributed by atoms with Crippen molar-refractivity contribution in [3.8, 4) is 0 Å². The van der Waals surface area contributed by atoms with Crippen molar-refractivity contribution in [3.63, 3.8) is 0 Å². The summed E-state index contributed by atoms with van der Waals surface area (Å²) >= 11 is 0. The fraction of sp³-hybridized carbons (Fsp3) is 0.636. The van der Waals surface area contributed by atoms with Gasteiger partial charge in [-0.15, -0.1) is 0 Å². The van der Waals surface area contributed by atoms with Crippen molar-refractivity contribution in [2.75, 3.05) is 6.61 Å². The van der Waals surface area contributed by atoms with Gasteiger partial charge >= 0.3 is 6.09 Å². The van der Waals surface area contributed by atoms with Crippen molar-refractivity contribution >= 4 is 6.09 Å². The second-order valence-corrected chi connectivity index (χ2v) is 3.98. The zero-order valence-electron chi connectivity index (χ0n) is 9.69. The number of aromatic nitrogens is 2. The molecule has 1 aliphatic carbocycles. The topological polar surface area (TPSA) is 56.1 Å². The summed E-state index contributed by atoms with van der Waals surface area (Å²) in [4.78, 5) is 11.4. The van der Waals surface area contributed by atoms with Crippen LogP contribution >= 0.6 is 0 Å². The van der Waals surface area contributed by atoms with Crippen LogP contribution in [0.25, 0.3) is 0 Å². The van der Waals surface area contributed by atoms with E-state index in [2.05, 4.69) is 10.4 Å². The molecule has 0 radical (unpaired) electrons. The number of hydrogen-bond acceptors (Lipinski definition) is 3. The molecular formula is C11H17N3O2. The Bertz CT molecular complexity index is 387. The normalized spacial score (nSPS) is 19.0. The standard InChI is InChI=1S/C11H17N3O2/c1-3-16-11(15)13-9-5-4-6-10-8(9)7-12-14(10)2/h7,9H,3-6H2,1-2H3,(H,13,15). The predicted octanol–water partition coefficient (Wildman–Crippen LogP) is 1.54. The summed E-state index contributed by atoms with van der Waals surface area (Å²) in [6.45, 7) is 2.20. The number of amides is 1. The molecule has 1 unspecified atom stereocenters. The lowest BCUT2D eigenvalue weighted by Gasteiger charge is -2.23. The van der Waals surface area contributed by atoms with Gasteiger partial charge < -0.3 is 10.1 Å². The summed E-state index contributed by atoms with van der Waals surface area (Å²) < 4.78 is 6.77. The van der Waals surface area contributed by atoms with E-state index in [1.54, 1.807) is 6.92 Å². The van der Waals surface area contributed by atoms with Crippen LogP contribution in [-0.2, 0) is 18.2 Å². The smallest absolute Gasteiger partial charge is 0.407 e. The van der Waals surface area contributed by atoms with E-state index < -0.39 is 0 Å². The number of fused-ring (bicyclic) bond motifs is 1. The average molecular weight is 223 g/mol. The number of nitrogens with zero attached hydrogens (tertiary/aromatic N) is 2. The average Bonchev–Trinajstić information content (AvgIpc) is 2.62. The van der Waals surface area contributed by atoms with E-state index in [0.29, 0.717) is 6.61 Å². The van der Waals surface area contributed by atoms with E-state index in [4.69, 9.17) is 4.74 Å². The zero-order chi connectivity index (χ0) is 11.5. The third kappa shape index (κ3) is 2.03. The predicted molar refractivity (Wildman–Crippen MR) is 59.0 cm³/mol. The van der Waals surface area contributed by atoms with E-state index in [0.717, 1.165) is 24.8 Å². The van der Waals surface area contributed by atoms with Gasteiger partial charge in [0, 0.05) is 18.3 Å². The summed E-state index contributed by atoms with van der Waals surface area (Å²) in [6.07, 6.45) is 4.56. The first-order valence-electron chi connectivity index (χ1n) is 5.66. The molecule has 1 aromatic heterocycles. The van der Waals surface area contributed by atoms with Crippen LogP contribution in [0, 0.1) is 0 Å². The maximum atomic E-state index is 11.4. The van der Waals surface area contributed by atoms with E-state index in [-0.39, 0.29) is 12.1 Å². The Labute approximate surface area is 94.8 Å². The van der Waals surface area contributed by atoms with Gasteiger partial charge in [0.05, 0.1) is 18.8 Å². The highest BCUT2D eigenvalue weighted by atomic mass is 16.5. The summed E-state index contributed by atoms with van der Waals surface area (Å²) in [5, 5.41) is 7.10. The van der Waals surface area contributed by atoms with Crippen LogP contribution in [0.15, 0.2) is 6.20 Å². The van der Waals surface area contributed by atoms with Crippen LogP contribution in [-0.4, -0.2) is 22.5 Å². The number of alkyl carbamates (subject to hydrolysis) is 1. The van der Waals surface area contributed by atoms with Crippen LogP contribution in [0.4, 0.5) is 4.79 Å². The zero-order valence-corrected chi connectivity index (χ0v) is 9.69. The highest BCUT2D eigenvalue weighted by molar-refractivity contribution is 5.68. The Morgan fingerprint density at radius 1 is 1.75 bits per heavy atom. The molecular weight excluding hydrogens is 206 g/mol. The number of hydrogen-bond donors (Lipinski definition) is 1. The van der Waals surface area contributed by atoms with Gasteiger partial charge in [0.25, 0.3) is 0 Å². The first kappa shape index (κ1) is 11.0. The highest BCUT2D eigenvalue weighted by Gasteiger charge is 2.24. The molecule has 5 heteroatoms. The van der Waals surface area contributed by atoms with Crippen molar-refractivity contribution < 1.29 is 9.53 Å². The molecule has 1 N–H and O–H groups in total. The number of carbonyl (C=O) groups is 1. The third-order valence-corrected chi connectivity index (χ3v) is 2.94. The fourth-order valence-corrected chi connectivity index (χ4v) is 2.17. The fourth-order valence-electron chi connectivity index (χ4n) is 2.17. The van der Waals surface area contributed by atoms with Gasteiger partial charge in [-0.3, -0.25) is 4.68 Å². The van der Waals surface area contributed by atoms with Crippen LogP contribution in [0.2, 0.25) is 0 Å². The van der Waals surface area contributed by atoms with Gasteiger partial charge in [-0.05, 0) is 26.2 Å². The molecule has 2 rings (SSSR count). The molecule has 0 saturated heterocycles. The lowest BCUT2D eigenvalue weighted by atomic mass is 9.93. The Morgan fingerprint density at radius 3 is 3.31 bits per heavy atom. The minimum absolute atomic E-state index is 0.0523. The second-order valence-electron chi connectivity index (χ2n) is 3.98. The van der Waals surface area contributed by atoms with Crippen LogP contribution in [0.3, 0.4) is 0 Å². The Kier molecular flexibility index (Phi) is 3.12. The molecule has 1 amide bonds. The third-order valence-electron chi connectivity index (χ3n) is 2.94. The molecule has 1 heterocycles. The maximum absolute atomic E-state index is 11.4. The SMILES string of the molecule is CCOC(=O)NC1CCCc2c1cnn2C. The molecule has 1 atom stereocenters. The number of carbonyl (C=O) groups excluding carboxylic acids is 1. The van der Waals surface area contributed by atoms with Gasteiger partial charge in [0.1, 0.15) is 0 Å². The highest BCUT2D eigenvalue weighted by Crippen LogP contribution is 2.28. The Morgan fingerprint density at radius 2 is 2.56 bits per heavy atom. The maximum Gasteiger partial charge on any atom is 0.407 e. The quantitative estimate of drug-likeness (QED) is 0.827. The van der Waals surface area contributed by atoms with Crippen molar-refractivity contribution in [2.45, 2.75) is 32.2 Å². The molecule has 0 bridgehead atoms. The van der Waals surface area contributed by atoms with Crippen molar-refractivity contribution in [2.24, 2.45) is 7.05 Å². The molecule has 88 valence electrons. The van der Waals surface area contributed by atoms with Crippen LogP contribution in [0.1, 0.15) is 37.1 Å². The van der Waals surface area contributed by atoms with Crippen LogP contribution in [0.5, 0.6) is 0 Å². The first-order valence-corrected chi connectivity index (χ1v) is 5.66. The van der Waals surface area contributed by atoms with Gasteiger partial charge in [-0.25, -0.2) is 4.79 Å². The number of aryl methyl sites for hydroxylation is 1. The molecule has 0 aromatic carbocycles. The molecule has 0 aliphatic heterocycles. The summed E-state index contributed by atoms with van der Waals surface area (Å²) in [5.74, 6) is 0. The number of ether oxygens (including phenoxy) is 1. The van der Waals surface area contributed by atoms with E-state index in [9.17, 15) is 4.79 Å². The molecule has 0 fully saturated rings. The van der Waals surface area contributed by atoms with E-state index in [1.165, 1.54) is 5.69 Å². The van der Waals surface area contributed by atoms with E-state index in [1.807, 2.05) is 17.9 Å². The largest absolute Gasteiger partial charge is 0.450 e. The van der Waals surface area contributed by atoms with Crippen LogP contribution < -0.4 is 5.32 Å². The molecule has 16 heavy (non-hydrogen) atoms. The first-order chi connectivity index (χ1) is 7.72. The molecule has 1 aromatic rings. The van der Waals surface area contributed by atoms with E-state index >= 15 is 0 Å². The van der Waals surface area contributed by atoms with Crippen molar-refractivity contribution in [3.05, 3.63) is 17.5 Å². The summed E-state index contributed by atoms with van der Waals surface area (Å²) in [7, 11) is 1.94. The lowest BCUT2D eigenvalue weighted by molar-refractivity contribution is 0.147. The van der Waals surface area contributed by atoms with Gasteiger partial charge in [-0.1, -0.05) is 0 Å². The Balaban J connectivity index is 2.10. The number of nitrogens with one attached hydrogen (secondary N) is 1. The summed E-state index contributed by atoms with van der Waals surface area (Å²) in [5.41, 5.74) is 2.34. The van der Waals surface area contributed by atoms with Crippen molar-refractivity contribution in [1.82, 2.24) is 15.1 Å². The monoisotopic (exact) mass is 223 g/mol. The minimum Gasteiger partial charge on any atom is -0.450 e. The van der Waals surface area contributed by atoms with Gasteiger partial charge in [-0.2, -0.15) is 5.10 Å². The molecule has 0 spiro atoms. The second kappa shape index (κ2) is 4.55. The van der Waals surface area contributed by atoms with Crippen molar-refractivity contribution in [1.29, 1.82) is 0 Å². The molecule has 1 aliphatic rings. The Hall–Kier alpha value is -1.52. The van der Waals surface area contributed by atoms with Gasteiger partial charge in [0.15, 0.2) is 0 Å². The van der Waals surface area contributed by atoms with Gasteiger partial charge in [0.2, 0.25) is 0 Å². The molecule has 0 saturated carbocycles. The molecule has 5 nitrogen and oxygen atoms in total. The summed E-state index contributed by atoms with van der Waals surface area (Å²) in [6, 6.07) is 0.0523. The lowest BCUT2D eigenvalue weighted by Crippen LogP contribution is -2.31.